The number of nitrogens with two attached hydrogens (primary N) is 1. The van der Waals surface area contributed by atoms with Crippen molar-refractivity contribution in [2.75, 3.05) is 5.73 Å². The van der Waals surface area contributed by atoms with Gasteiger partial charge in [-0.05, 0) is 34.1 Å². The van der Waals surface area contributed by atoms with Crippen LogP contribution in [0.3, 0.4) is 0 Å². The Morgan fingerprint density at radius 2 is 1.88 bits per heavy atom. The maximum atomic E-state index is 5.79. The third-order valence-corrected chi connectivity index (χ3v) is 2.83. The third-order valence-electron chi connectivity index (χ3n) is 2.17. The molecule has 0 aliphatic carbocycles. The van der Waals surface area contributed by atoms with Crippen LogP contribution in [0.4, 0.5) is 5.82 Å². The Balaban J connectivity index is 2.09. The Morgan fingerprint density at radius 3 is 2.62 bits per heavy atom. The van der Waals surface area contributed by atoms with E-state index in [1.165, 1.54) is 0 Å². The monoisotopic (exact) mass is 279 g/mol. The van der Waals surface area contributed by atoms with Crippen molar-refractivity contribution in [1.82, 2.24) is 0 Å². The zero-order chi connectivity index (χ0) is 11.4. The van der Waals surface area contributed by atoms with Gasteiger partial charge in [0.25, 0.3) is 5.82 Å². The predicted molar refractivity (Wildman–Crippen MR) is 65.8 cm³/mol. The molecule has 2 N–H and O–H groups in total. The van der Waals surface area contributed by atoms with Gasteiger partial charge in [-0.25, -0.2) is 0 Å². The minimum atomic E-state index is 0.398. The summed E-state index contributed by atoms with van der Waals surface area (Å²) in [6.45, 7) is 0.398. The molecule has 1 aromatic heterocycles. The van der Waals surface area contributed by atoms with Gasteiger partial charge in [-0.15, -0.1) is 0 Å². The Hall–Kier alpha value is -1.55. The highest BCUT2D eigenvalue weighted by Gasteiger charge is 2.04. The number of hydrogen-bond acceptors (Lipinski definition) is 2. The molecule has 0 aliphatic heterocycles. The van der Waals surface area contributed by atoms with E-state index in [-0.39, 0.29) is 0 Å². The van der Waals surface area contributed by atoms with Crippen molar-refractivity contribution in [3.8, 4) is 5.75 Å². The number of ether oxygens (including phenoxy) is 1. The number of hydrogen-bond donors (Lipinski definition) is 1. The molecular formula is C12H12BrN2O+. The zero-order valence-corrected chi connectivity index (χ0v) is 10.2. The summed E-state index contributed by atoms with van der Waals surface area (Å²) in [7, 11) is 0. The summed E-state index contributed by atoms with van der Waals surface area (Å²) < 4.78 is 8.41. The van der Waals surface area contributed by atoms with E-state index in [4.69, 9.17) is 10.5 Å². The fraction of sp³-hybridized carbons (Fsp3) is 0.0833. The zero-order valence-electron chi connectivity index (χ0n) is 8.64. The molecule has 0 amide bonds. The highest BCUT2D eigenvalue weighted by atomic mass is 79.9. The lowest BCUT2D eigenvalue weighted by Gasteiger charge is -2.07. The quantitative estimate of drug-likeness (QED) is 0.877. The van der Waals surface area contributed by atoms with Crippen LogP contribution in [0.25, 0.3) is 0 Å². The van der Waals surface area contributed by atoms with Gasteiger partial charge in [0.1, 0.15) is 5.75 Å². The van der Waals surface area contributed by atoms with Crippen molar-refractivity contribution in [3.63, 3.8) is 0 Å². The second kappa shape index (κ2) is 4.99. The number of anilines is 1. The van der Waals surface area contributed by atoms with Crippen LogP contribution in [0.2, 0.25) is 0 Å². The molecule has 0 saturated carbocycles. The molecule has 16 heavy (non-hydrogen) atoms. The minimum Gasteiger partial charge on any atom is -0.453 e. The van der Waals surface area contributed by atoms with Crippen molar-refractivity contribution < 1.29 is 9.30 Å². The second-order valence-corrected chi connectivity index (χ2v) is 4.15. The summed E-state index contributed by atoms with van der Waals surface area (Å²) in [4.78, 5) is 0. The second-order valence-electron chi connectivity index (χ2n) is 3.30. The van der Waals surface area contributed by atoms with Gasteiger partial charge < -0.3 is 4.74 Å². The fourth-order valence-electron chi connectivity index (χ4n) is 1.31. The van der Waals surface area contributed by atoms with Crippen LogP contribution in [0, 0.1) is 0 Å². The summed E-state index contributed by atoms with van der Waals surface area (Å²) >= 11 is 3.42. The molecule has 0 unspecified atom stereocenters. The molecule has 0 atom stereocenters. The number of para-hydroxylation sites is 1. The van der Waals surface area contributed by atoms with Crippen LogP contribution in [-0.2, 0) is 6.73 Å². The molecule has 0 fully saturated rings. The number of rotatable bonds is 3. The summed E-state index contributed by atoms with van der Waals surface area (Å²) in [5.41, 5.74) is 5.79. The molecule has 2 rings (SSSR count). The largest absolute Gasteiger partial charge is 0.453 e. The summed E-state index contributed by atoms with van der Waals surface area (Å²) in [5.74, 6) is 1.48. The molecule has 4 heteroatoms. The SMILES string of the molecule is Nc1cccc[n+]1COc1ccccc1Br. The maximum Gasteiger partial charge on any atom is 0.275 e. The molecule has 2 aromatic rings. The number of nitrogen functional groups attached to an aromatic ring is 1. The van der Waals surface area contributed by atoms with Crippen LogP contribution in [0.15, 0.2) is 53.1 Å². The lowest BCUT2D eigenvalue weighted by Crippen LogP contribution is -2.39. The van der Waals surface area contributed by atoms with Gasteiger partial charge in [-0.2, -0.15) is 4.57 Å². The fourth-order valence-corrected chi connectivity index (χ4v) is 1.71. The first-order valence-corrected chi connectivity index (χ1v) is 5.68. The number of halogens is 1. The van der Waals surface area contributed by atoms with Gasteiger partial charge in [0.05, 0.1) is 10.7 Å². The highest BCUT2D eigenvalue weighted by molar-refractivity contribution is 9.10. The Bertz CT molecular complexity index is 442. The predicted octanol–water partition coefficient (Wildman–Crippen LogP) is 2.36. The third kappa shape index (κ3) is 2.52. The molecule has 1 heterocycles. The summed E-state index contributed by atoms with van der Waals surface area (Å²) in [6, 6.07) is 13.4. The van der Waals surface area contributed by atoms with Crippen LogP contribution in [0.5, 0.6) is 5.75 Å². The lowest BCUT2D eigenvalue weighted by atomic mass is 10.3. The van der Waals surface area contributed by atoms with E-state index in [1.54, 1.807) is 0 Å². The van der Waals surface area contributed by atoms with Gasteiger partial charge in [0.2, 0.25) is 6.73 Å². The van der Waals surface area contributed by atoms with Gasteiger partial charge in [0.15, 0.2) is 0 Å². The molecule has 3 nitrogen and oxygen atoms in total. The molecule has 0 spiro atoms. The highest BCUT2D eigenvalue weighted by Crippen LogP contribution is 2.23. The van der Waals surface area contributed by atoms with Crippen molar-refractivity contribution in [2.24, 2.45) is 0 Å². The van der Waals surface area contributed by atoms with Gasteiger partial charge in [-0.3, -0.25) is 5.73 Å². The Labute approximate surface area is 103 Å². The van der Waals surface area contributed by atoms with Gasteiger partial charge >= 0.3 is 0 Å². The van der Waals surface area contributed by atoms with E-state index in [0.717, 1.165) is 10.2 Å². The van der Waals surface area contributed by atoms with E-state index in [0.29, 0.717) is 12.5 Å². The first-order valence-electron chi connectivity index (χ1n) is 4.88. The molecule has 0 saturated heterocycles. The summed E-state index contributed by atoms with van der Waals surface area (Å²) in [5, 5.41) is 0. The maximum absolute atomic E-state index is 5.79. The van der Waals surface area contributed by atoms with Crippen LogP contribution < -0.4 is 15.0 Å². The van der Waals surface area contributed by atoms with Gasteiger partial charge in [-0.1, -0.05) is 18.2 Å². The van der Waals surface area contributed by atoms with E-state index in [1.807, 2.05) is 53.2 Å². The minimum absolute atomic E-state index is 0.398. The van der Waals surface area contributed by atoms with Crippen molar-refractivity contribution >= 4 is 21.7 Å². The Morgan fingerprint density at radius 1 is 1.12 bits per heavy atom. The van der Waals surface area contributed by atoms with Crippen LogP contribution >= 0.6 is 15.9 Å². The topological polar surface area (TPSA) is 39.1 Å². The van der Waals surface area contributed by atoms with Gasteiger partial charge in [0, 0.05) is 6.07 Å². The standard InChI is InChI=1S/C12H11BrN2O/c13-10-5-1-2-6-11(10)16-9-15-8-4-3-7-12(15)14/h1-8,14H,9H2/p+1. The first-order chi connectivity index (χ1) is 7.77. The number of aromatic nitrogens is 1. The number of benzene rings is 1. The lowest BCUT2D eigenvalue weighted by molar-refractivity contribution is -0.711. The Kier molecular flexibility index (Phi) is 3.41. The molecular weight excluding hydrogens is 268 g/mol. The molecule has 0 aliphatic rings. The van der Waals surface area contributed by atoms with E-state index < -0.39 is 0 Å². The summed E-state index contributed by atoms with van der Waals surface area (Å²) in [6.07, 6.45) is 1.88. The average Bonchev–Trinajstić information content (AvgIpc) is 2.30. The normalized spacial score (nSPS) is 10.1. The van der Waals surface area contributed by atoms with Crippen LogP contribution in [-0.4, -0.2) is 0 Å². The van der Waals surface area contributed by atoms with Crippen molar-refractivity contribution in [1.29, 1.82) is 0 Å². The smallest absolute Gasteiger partial charge is 0.275 e. The van der Waals surface area contributed by atoms with Crippen molar-refractivity contribution in [3.05, 3.63) is 53.1 Å². The molecule has 0 bridgehead atoms. The molecule has 82 valence electrons. The van der Waals surface area contributed by atoms with Crippen molar-refractivity contribution in [2.45, 2.75) is 6.73 Å². The number of pyridine rings is 1. The van der Waals surface area contributed by atoms with E-state index >= 15 is 0 Å². The first kappa shape index (κ1) is 11.0. The van der Waals surface area contributed by atoms with E-state index in [9.17, 15) is 0 Å². The van der Waals surface area contributed by atoms with Crippen LogP contribution in [0.1, 0.15) is 0 Å². The number of nitrogens with zero attached hydrogens (tertiary/aromatic N) is 1. The molecule has 0 radical (unpaired) electrons. The molecule has 1 aromatic carbocycles. The average molecular weight is 280 g/mol. The van der Waals surface area contributed by atoms with E-state index in [2.05, 4.69) is 15.9 Å².